The summed E-state index contributed by atoms with van der Waals surface area (Å²) in [5.74, 6) is -0.323. The van der Waals surface area contributed by atoms with Crippen molar-refractivity contribution in [3.63, 3.8) is 0 Å². The minimum Gasteiger partial charge on any atom is -0.508 e. The molecule has 5 nitrogen and oxygen atoms in total. The van der Waals surface area contributed by atoms with E-state index in [1.807, 2.05) is 26.0 Å². The second-order valence-corrected chi connectivity index (χ2v) is 10.1. The predicted octanol–water partition coefficient (Wildman–Crippen LogP) is 7.78. The highest BCUT2D eigenvalue weighted by molar-refractivity contribution is 6.03. The number of ketones is 1. The minimum atomic E-state index is -0.596. The Bertz CT molecular complexity index is 1190. The normalized spacial score (nSPS) is 15.9. The number of aryl methyl sites for hydroxylation is 1. The van der Waals surface area contributed by atoms with Gasteiger partial charge in [0.25, 0.3) is 0 Å². The summed E-state index contributed by atoms with van der Waals surface area (Å²) in [4.78, 5) is 13.0. The summed E-state index contributed by atoms with van der Waals surface area (Å²) in [6.07, 6.45) is 10.2. The molecule has 1 aliphatic rings. The summed E-state index contributed by atoms with van der Waals surface area (Å²) >= 11 is 0. The van der Waals surface area contributed by atoms with Crippen molar-refractivity contribution in [2.45, 2.75) is 79.2 Å². The van der Waals surface area contributed by atoms with Gasteiger partial charge in [0.15, 0.2) is 5.78 Å². The van der Waals surface area contributed by atoms with Crippen LogP contribution in [0.4, 0.5) is 0 Å². The summed E-state index contributed by atoms with van der Waals surface area (Å²) in [7, 11) is 0. The van der Waals surface area contributed by atoms with Crippen LogP contribution in [0.5, 0.6) is 23.0 Å². The molecule has 0 bridgehead atoms. The van der Waals surface area contributed by atoms with E-state index in [-0.39, 0.29) is 40.8 Å². The van der Waals surface area contributed by atoms with Crippen molar-refractivity contribution in [1.82, 2.24) is 0 Å². The molecule has 0 amide bonds. The van der Waals surface area contributed by atoms with Crippen LogP contribution >= 0.6 is 0 Å². The van der Waals surface area contributed by atoms with Gasteiger partial charge in [-0.2, -0.15) is 0 Å². The quantitative estimate of drug-likeness (QED) is 0.312. The molecular weight excluding hydrogens is 452 g/mol. The highest BCUT2D eigenvalue weighted by atomic mass is 16.5. The van der Waals surface area contributed by atoms with Crippen LogP contribution in [0.25, 0.3) is 0 Å². The van der Waals surface area contributed by atoms with Gasteiger partial charge in [0.05, 0.1) is 6.42 Å². The second-order valence-electron chi connectivity index (χ2n) is 10.1. The van der Waals surface area contributed by atoms with E-state index in [1.54, 1.807) is 12.1 Å². The van der Waals surface area contributed by atoms with Gasteiger partial charge in [0.2, 0.25) is 0 Å². The molecule has 2 aromatic carbocycles. The molecule has 3 rings (SSSR count). The van der Waals surface area contributed by atoms with E-state index in [0.29, 0.717) is 17.5 Å². The Kier molecular flexibility index (Phi) is 9.03. The van der Waals surface area contributed by atoms with Gasteiger partial charge in [0, 0.05) is 11.6 Å². The van der Waals surface area contributed by atoms with E-state index in [9.17, 15) is 20.1 Å². The standard InChI is InChI=1S/C31H38O5/c1-19(2)8-6-9-20(3)10-7-11-21(4)12-13-25-26(33)17-29-30(31(25)35)27(34)18-28(36-29)23-14-22(5)15-24(32)16-23/h8,10,12,14-17,28,32-33,35H,6-7,9,11,13,18H2,1-5H3/b20-10+,21-12+/t28-/m0/s1. The van der Waals surface area contributed by atoms with E-state index in [2.05, 4.69) is 32.9 Å². The SMILES string of the molecule is CC(C)=CCC/C(C)=C/CC/C(C)=C/Cc1c(O)cc2c(c1O)C(=O)C[C@@H](c1cc(C)cc(O)c1)O2. The van der Waals surface area contributed by atoms with Crippen LogP contribution in [0, 0.1) is 6.92 Å². The number of carbonyl (C=O) groups excluding carboxylic acids is 1. The fourth-order valence-corrected chi connectivity index (χ4v) is 4.48. The first-order valence-corrected chi connectivity index (χ1v) is 12.6. The third kappa shape index (κ3) is 7.03. The molecule has 5 heteroatoms. The van der Waals surface area contributed by atoms with E-state index >= 15 is 0 Å². The molecule has 0 saturated heterocycles. The maximum absolute atomic E-state index is 13.0. The lowest BCUT2D eigenvalue weighted by molar-refractivity contribution is 0.0844. The largest absolute Gasteiger partial charge is 0.508 e. The molecule has 0 fully saturated rings. The third-order valence-corrected chi connectivity index (χ3v) is 6.50. The summed E-state index contributed by atoms with van der Waals surface area (Å²) in [5.41, 5.74) is 5.83. The number of fused-ring (bicyclic) bond motifs is 1. The number of allylic oxidation sites excluding steroid dienone is 6. The fraction of sp³-hybridized carbons (Fsp3) is 0.387. The average molecular weight is 491 g/mol. The lowest BCUT2D eigenvalue weighted by atomic mass is 9.92. The summed E-state index contributed by atoms with van der Waals surface area (Å²) in [6.45, 7) is 10.3. The lowest BCUT2D eigenvalue weighted by Crippen LogP contribution is -2.21. The van der Waals surface area contributed by atoms with Crippen LogP contribution in [-0.2, 0) is 6.42 Å². The number of Topliss-reactive ketones (excluding diaryl/α,β-unsaturated/α-hetero) is 1. The molecule has 0 aromatic heterocycles. The number of hydrogen-bond acceptors (Lipinski definition) is 5. The van der Waals surface area contributed by atoms with Crippen LogP contribution in [0.15, 0.2) is 59.2 Å². The van der Waals surface area contributed by atoms with Crippen LogP contribution in [-0.4, -0.2) is 21.1 Å². The average Bonchev–Trinajstić information content (AvgIpc) is 2.77. The van der Waals surface area contributed by atoms with Crippen LogP contribution < -0.4 is 4.74 Å². The van der Waals surface area contributed by atoms with Crippen LogP contribution in [0.3, 0.4) is 0 Å². The molecule has 0 spiro atoms. The van der Waals surface area contributed by atoms with Crippen molar-refractivity contribution in [1.29, 1.82) is 0 Å². The minimum absolute atomic E-state index is 0.0435. The molecule has 192 valence electrons. The molecular formula is C31H38O5. The monoisotopic (exact) mass is 490 g/mol. The number of carbonyl (C=O) groups is 1. The van der Waals surface area contributed by atoms with Crippen molar-refractivity contribution in [3.05, 3.63) is 81.5 Å². The zero-order chi connectivity index (χ0) is 26.4. The van der Waals surface area contributed by atoms with Gasteiger partial charge in [-0.15, -0.1) is 0 Å². The highest BCUT2D eigenvalue weighted by Crippen LogP contribution is 2.45. The van der Waals surface area contributed by atoms with E-state index < -0.39 is 6.10 Å². The zero-order valence-corrected chi connectivity index (χ0v) is 22.0. The van der Waals surface area contributed by atoms with Crippen molar-refractivity contribution in [2.24, 2.45) is 0 Å². The molecule has 1 atom stereocenters. The molecule has 1 heterocycles. The van der Waals surface area contributed by atoms with Gasteiger partial charge in [-0.3, -0.25) is 4.79 Å². The number of aromatic hydroxyl groups is 3. The van der Waals surface area contributed by atoms with Crippen molar-refractivity contribution >= 4 is 5.78 Å². The summed E-state index contributed by atoms with van der Waals surface area (Å²) < 4.78 is 5.98. The van der Waals surface area contributed by atoms with Gasteiger partial charge in [-0.25, -0.2) is 0 Å². The number of phenolic OH excluding ortho intramolecular Hbond substituents is 3. The lowest BCUT2D eigenvalue weighted by Gasteiger charge is -2.27. The first-order valence-electron chi connectivity index (χ1n) is 12.6. The maximum atomic E-state index is 13.0. The van der Waals surface area contributed by atoms with Gasteiger partial charge >= 0.3 is 0 Å². The van der Waals surface area contributed by atoms with Crippen LogP contribution in [0.1, 0.15) is 93.0 Å². The third-order valence-electron chi connectivity index (χ3n) is 6.50. The number of ether oxygens (including phenoxy) is 1. The van der Waals surface area contributed by atoms with Gasteiger partial charge in [0.1, 0.15) is 34.7 Å². The Morgan fingerprint density at radius 2 is 1.61 bits per heavy atom. The van der Waals surface area contributed by atoms with Crippen molar-refractivity contribution in [2.75, 3.05) is 0 Å². The predicted molar refractivity (Wildman–Crippen MR) is 144 cm³/mol. The highest BCUT2D eigenvalue weighted by Gasteiger charge is 2.32. The maximum Gasteiger partial charge on any atom is 0.174 e. The van der Waals surface area contributed by atoms with E-state index in [4.69, 9.17) is 4.74 Å². The van der Waals surface area contributed by atoms with Gasteiger partial charge in [-0.05, 0) is 90.0 Å². The Morgan fingerprint density at radius 1 is 0.944 bits per heavy atom. The number of benzene rings is 2. The summed E-state index contributed by atoms with van der Waals surface area (Å²) in [5, 5.41) is 31.4. The molecule has 0 aliphatic carbocycles. The first kappa shape index (κ1) is 27.1. The van der Waals surface area contributed by atoms with Gasteiger partial charge in [-0.1, -0.05) is 41.0 Å². The topological polar surface area (TPSA) is 87.0 Å². The first-order chi connectivity index (χ1) is 17.0. The molecule has 0 saturated carbocycles. The molecule has 3 N–H and O–H groups in total. The van der Waals surface area contributed by atoms with Crippen molar-refractivity contribution < 1.29 is 24.9 Å². The number of phenols is 3. The Hall–Kier alpha value is -3.47. The molecule has 1 aliphatic heterocycles. The smallest absolute Gasteiger partial charge is 0.174 e. The Balaban J connectivity index is 1.69. The zero-order valence-electron chi connectivity index (χ0n) is 22.0. The van der Waals surface area contributed by atoms with Gasteiger partial charge < -0.3 is 20.1 Å². The number of rotatable bonds is 9. The second kappa shape index (κ2) is 12.0. The Labute approximate surface area is 214 Å². The Morgan fingerprint density at radius 3 is 2.28 bits per heavy atom. The van der Waals surface area contributed by atoms with E-state index in [1.165, 1.54) is 17.2 Å². The van der Waals surface area contributed by atoms with Crippen molar-refractivity contribution in [3.8, 4) is 23.0 Å². The molecule has 2 aromatic rings. The molecule has 36 heavy (non-hydrogen) atoms. The fourth-order valence-electron chi connectivity index (χ4n) is 4.48. The number of hydrogen-bond donors (Lipinski definition) is 3. The molecule has 0 radical (unpaired) electrons. The van der Waals surface area contributed by atoms with E-state index in [0.717, 1.165) is 36.8 Å². The van der Waals surface area contributed by atoms with Crippen LogP contribution in [0.2, 0.25) is 0 Å². The summed E-state index contributed by atoms with van der Waals surface area (Å²) in [6, 6.07) is 6.46. The molecule has 0 unspecified atom stereocenters.